The molecule has 1 aliphatic heterocycles. The molecule has 1 fully saturated rings. The van der Waals surface area contributed by atoms with Gasteiger partial charge in [-0.15, -0.1) is 10.2 Å². The molecular formula is C23H25N5O3S. The fraction of sp³-hybridized carbons (Fsp3) is 0.261. The molecule has 9 heteroatoms. The SMILES string of the molecule is CC(=O)Nc1ccc(S(=O)(=O)Nc2ccc(-c3ccc(N4CCCCC4)nn3)cc2)cc1. The zero-order valence-electron chi connectivity index (χ0n) is 17.8. The van der Waals surface area contributed by atoms with Crippen molar-refractivity contribution in [2.24, 2.45) is 0 Å². The van der Waals surface area contributed by atoms with Crippen molar-refractivity contribution in [3.63, 3.8) is 0 Å². The lowest BCUT2D eigenvalue weighted by atomic mass is 10.1. The van der Waals surface area contributed by atoms with Crippen molar-refractivity contribution in [3.05, 3.63) is 60.7 Å². The molecule has 1 saturated heterocycles. The van der Waals surface area contributed by atoms with E-state index in [0.29, 0.717) is 11.4 Å². The molecule has 0 unspecified atom stereocenters. The fourth-order valence-corrected chi connectivity index (χ4v) is 4.67. The maximum atomic E-state index is 12.7. The number of benzene rings is 2. The van der Waals surface area contributed by atoms with Crippen LogP contribution in [-0.2, 0) is 14.8 Å². The minimum atomic E-state index is -3.75. The Morgan fingerprint density at radius 3 is 2.09 bits per heavy atom. The van der Waals surface area contributed by atoms with Crippen molar-refractivity contribution in [1.82, 2.24) is 10.2 Å². The van der Waals surface area contributed by atoms with Gasteiger partial charge in [-0.1, -0.05) is 12.1 Å². The van der Waals surface area contributed by atoms with E-state index in [1.807, 2.05) is 24.3 Å². The first-order valence-corrected chi connectivity index (χ1v) is 12.0. The van der Waals surface area contributed by atoms with Gasteiger partial charge in [0, 0.05) is 37.0 Å². The molecule has 0 bridgehead atoms. The van der Waals surface area contributed by atoms with E-state index in [4.69, 9.17) is 0 Å². The van der Waals surface area contributed by atoms with Gasteiger partial charge in [0.1, 0.15) is 0 Å². The average Bonchev–Trinajstić information content (AvgIpc) is 2.80. The second-order valence-electron chi connectivity index (χ2n) is 7.71. The average molecular weight is 452 g/mol. The van der Waals surface area contributed by atoms with Crippen molar-refractivity contribution in [1.29, 1.82) is 0 Å². The van der Waals surface area contributed by atoms with Gasteiger partial charge in [0.05, 0.1) is 10.6 Å². The summed E-state index contributed by atoms with van der Waals surface area (Å²) >= 11 is 0. The maximum absolute atomic E-state index is 12.7. The highest BCUT2D eigenvalue weighted by molar-refractivity contribution is 7.92. The number of piperidine rings is 1. The van der Waals surface area contributed by atoms with E-state index < -0.39 is 10.0 Å². The van der Waals surface area contributed by atoms with E-state index in [1.165, 1.54) is 38.3 Å². The number of aromatic nitrogens is 2. The number of nitrogens with zero attached hydrogens (tertiary/aromatic N) is 3. The molecule has 4 rings (SSSR count). The number of hydrogen-bond acceptors (Lipinski definition) is 6. The van der Waals surface area contributed by atoms with Crippen LogP contribution in [0.15, 0.2) is 65.6 Å². The molecule has 3 aromatic rings. The molecule has 1 aromatic heterocycles. The Labute approximate surface area is 187 Å². The lowest BCUT2D eigenvalue weighted by Gasteiger charge is -2.27. The van der Waals surface area contributed by atoms with Gasteiger partial charge < -0.3 is 10.2 Å². The van der Waals surface area contributed by atoms with Crippen molar-refractivity contribution in [2.45, 2.75) is 31.1 Å². The summed E-state index contributed by atoms with van der Waals surface area (Å²) in [5.41, 5.74) is 2.56. The van der Waals surface area contributed by atoms with Gasteiger partial charge >= 0.3 is 0 Å². The summed E-state index contributed by atoms with van der Waals surface area (Å²) in [7, 11) is -3.75. The zero-order chi connectivity index (χ0) is 22.6. The number of nitrogens with one attached hydrogen (secondary N) is 2. The van der Waals surface area contributed by atoms with E-state index in [-0.39, 0.29) is 10.8 Å². The predicted molar refractivity (Wildman–Crippen MR) is 125 cm³/mol. The Kier molecular flexibility index (Phi) is 6.36. The summed E-state index contributed by atoms with van der Waals surface area (Å²) in [5.74, 6) is 0.673. The Morgan fingerprint density at radius 1 is 0.844 bits per heavy atom. The molecule has 0 aliphatic carbocycles. The summed E-state index contributed by atoms with van der Waals surface area (Å²) in [6, 6.07) is 16.9. The molecule has 1 aliphatic rings. The first-order valence-electron chi connectivity index (χ1n) is 10.5. The Bertz CT molecular complexity index is 1170. The summed E-state index contributed by atoms with van der Waals surface area (Å²) in [6.45, 7) is 3.42. The molecule has 2 aromatic carbocycles. The highest BCUT2D eigenvalue weighted by Gasteiger charge is 2.15. The third kappa shape index (κ3) is 5.23. The van der Waals surface area contributed by atoms with Crippen molar-refractivity contribution < 1.29 is 13.2 Å². The Balaban J connectivity index is 1.43. The Morgan fingerprint density at radius 2 is 1.50 bits per heavy atom. The molecular weight excluding hydrogens is 426 g/mol. The summed E-state index contributed by atoms with van der Waals surface area (Å²) in [6.07, 6.45) is 3.63. The third-order valence-electron chi connectivity index (χ3n) is 5.25. The molecule has 1 amide bonds. The van der Waals surface area contributed by atoms with E-state index in [0.717, 1.165) is 30.2 Å². The van der Waals surface area contributed by atoms with E-state index in [2.05, 4.69) is 25.1 Å². The predicted octanol–water partition coefficient (Wildman–Crippen LogP) is 3.89. The minimum Gasteiger partial charge on any atom is -0.355 e. The first kappa shape index (κ1) is 21.8. The molecule has 8 nitrogen and oxygen atoms in total. The van der Waals surface area contributed by atoms with Crippen LogP contribution in [0.4, 0.5) is 17.2 Å². The summed E-state index contributed by atoms with van der Waals surface area (Å²) < 4.78 is 27.9. The van der Waals surface area contributed by atoms with Crippen LogP contribution in [0.1, 0.15) is 26.2 Å². The molecule has 2 heterocycles. The molecule has 166 valence electrons. The third-order valence-corrected chi connectivity index (χ3v) is 6.65. The van der Waals surface area contributed by atoms with Crippen LogP contribution in [-0.4, -0.2) is 37.6 Å². The number of rotatable bonds is 6. The van der Waals surface area contributed by atoms with Gasteiger partial charge in [0.25, 0.3) is 10.0 Å². The van der Waals surface area contributed by atoms with Crippen molar-refractivity contribution in [2.75, 3.05) is 28.0 Å². The minimum absolute atomic E-state index is 0.106. The van der Waals surface area contributed by atoms with Crippen LogP contribution in [0.3, 0.4) is 0 Å². The number of anilines is 3. The monoisotopic (exact) mass is 451 g/mol. The van der Waals surface area contributed by atoms with Gasteiger partial charge in [-0.3, -0.25) is 9.52 Å². The number of hydrogen-bond donors (Lipinski definition) is 2. The number of carbonyl (C=O) groups excluding carboxylic acids is 1. The number of carbonyl (C=O) groups is 1. The lowest BCUT2D eigenvalue weighted by Crippen LogP contribution is -2.30. The maximum Gasteiger partial charge on any atom is 0.261 e. The molecule has 32 heavy (non-hydrogen) atoms. The van der Waals surface area contributed by atoms with Gasteiger partial charge in [-0.05, 0) is 67.8 Å². The quantitative estimate of drug-likeness (QED) is 0.589. The zero-order valence-corrected chi connectivity index (χ0v) is 18.6. The van der Waals surface area contributed by atoms with Crippen LogP contribution in [0.25, 0.3) is 11.3 Å². The van der Waals surface area contributed by atoms with Crippen molar-refractivity contribution >= 4 is 33.1 Å². The van der Waals surface area contributed by atoms with E-state index in [1.54, 1.807) is 24.3 Å². The lowest BCUT2D eigenvalue weighted by molar-refractivity contribution is -0.114. The number of sulfonamides is 1. The topological polar surface area (TPSA) is 104 Å². The summed E-state index contributed by atoms with van der Waals surface area (Å²) in [5, 5.41) is 11.3. The highest BCUT2D eigenvalue weighted by Crippen LogP contribution is 2.24. The van der Waals surface area contributed by atoms with Gasteiger partial charge in [-0.25, -0.2) is 8.42 Å². The van der Waals surface area contributed by atoms with E-state index in [9.17, 15) is 13.2 Å². The molecule has 0 spiro atoms. The van der Waals surface area contributed by atoms with Crippen LogP contribution in [0.5, 0.6) is 0 Å². The molecule has 0 saturated carbocycles. The van der Waals surface area contributed by atoms with Gasteiger partial charge in [0.15, 0.2) is 5.82 Å². The second kappa shape index (κ2) is 9.35. The second-order valence-corrected chi connectivity index (χ2v) is 9.40. The molecule has 2 N–H and O–H groups in total. The molecule has 0 radical (unpaired) electrons. The first-order chi connectivity index (χ1) is 15.4. The smallest absolute Gasteiger partial charge is 0.261 e. The normalized spacial score (nSPS) is 14.1. The van der Waals surface area contributed by atoms with Crippen LogP contribution in [0, 0.1) is 0 Å². The Hall–Kier alpha value is -3.46. The molecule has 0 atom stereocenters. The van der Waals surface area contributed by atoms with Crippen LogP contribution in [0.2, 0.25) is 0 Å². The van der Waals surface area contributed by atoms with Crippen LogP contribution < -0.4 is 14.9 Å². The highest BCUT2D eigenvalue weighted by atomic mass is 32.2. The standard InChI is InChI=1S/C23H25N5O3S/c1-17(29)24-19-9-11-21(12-10-19)32(30,31)27-20-7-5-18(6-8-20)22-13-14-23(26-25-22)28-15-3-2-4-16-28/h5-14,27H,2-4,15-16H2,1H3,(H,24,29). The van der Waals surface area contributed by atoms with Crippen molar-refractivity contribution in [3.8, 4) is 11.3 Å². The number of amides is 1. The largest absolute Gasteiger partial charge is 0.355 e. The van der Waals surface area contributed by atoms with E-state index >= 15 is 0 Å². The van der Waals surface area contributed by atoms with Gasteiger partial charge in [0.2, 0.25) is 5.91 Å². The van der Waals surface area contributed by atoms with Crippen LogP contribution >= 0.6 is 0 Å². The fourth-order valence-electron chi connectivity index (χ4n) is 3.61. The van der Waals surface area contributed by atoms with Gasteiger partial charge in [-0.2, -0.15) is 0 Å². The summed E-state index contributed by atoms with van der Waals surface area (Å²) in [4.78, 5) is 13.5.